The summed E-state index contributed by atoms with van der Waals surface area (Å²) < 4.78 is 7.05. The lowest BCUT2D eigenvalue weighted by Gasteiger charge is -2.02. The first kappa shape index (κ1) is 11.9. The van der Waals surface area contributed by atoms with Crippen LogP contribution in [0.2, 0.25) is 0 Å². The molecule has 0 amide bonds. The molecular formula is C11H18N2O2. The number of Topliss-reactive ketones (excluding diaryl/α,β-unsaturated/α-hetero) is 1. The van der Waals surface area contributed by atoms with Crippen LogP contribution >= 0.6 is 0 Å². The van der Waals surface area contributed by atoms with Crippen LogP contribution in [0.3, 0.4) is 0 Å². The van der Waals surface area contributed by atoms with Gasteiger partial charge in [0.25, 0.3) is 0 Å². The molecular weight excluding hydrogens is 192 g/mol. The Bertz CT molecular complexity index is 307. The van der Waals surface area contributed by atoms with Crippen molar-refractivity contribution in [1.29, 1.82) is 0 Å². The number of rotatable bonds is 7. The highest BCUT2D eigenvalue weighted by Crippen LogP contribution is 2.00. The highest BCUT2D eigenvalue weighted by atomic mass is 16.5. The summed E-state index contributed by atoms with van der Waals surface area (Å²) in [5, 5.41) is 0. The summed E-state index contributed by atoms with van der Waals surface area (Å²) in [6.07, 6.45) is 5.37. The molecule has 0 aliphatic rings. The lowest BCUT2D eigenvalue weighted by Crippen LogP contribution is -2.08. The highest BCUT2D eigenvalue weighted by molar-refractivity contribution is 5.80. The molecule has 0 saturated heterocycles. The Hall–Kier alpha value is -1.16. The Morgan fingerprint density at radius 2 is 2.40 bits per heavy atom. The van der Waals surface area contributed by atoms with Crippen LogP contribution in [0, 0.1) is 0 Å². The molecule has 1 aromatic heterocycles. The Balaban J connectivity index is 2.22. The predicted molar refractivity (Wildman–Crippen MR) is 57.6 cm³/mol. The number of aryl methyl sites for hydroxylation is 1. The summed E-state index contributed by atoms with van der Waals surface area (Å²) in [6, 6.07) is 0. The second-order valence-electron chi connectivity index (χ2n) is 3.47. The Labute approximate surface area is 90.3 Å². The molecule has 0 atom stereocenters. The van der Waals surface area contributed by atoms with Crippen molar-refractivity contribution >= 4 is 5.78 Å². The van der Waals surface area contributed by atoms with E-state index < -0.39 is 0 Å². The fourth-order valence-corrected chi connectivity index (χ4v) is 1.35. The number of hydrogen-bond acceptors (Lipinski definition) is 3. The van der Waals surface area contributed by atoms with Crippen LogP contribution in [0.25, 0.3) is 0 Å². The summed E-state index contributed by atoms with van der Waals surface area (Å²) in [6.45, 7) is 3.34. The molecule has 0 N–H and O–H groups in total. The van der Waals surface area contributed by atoms with Crippen LogP contribution in [0.4, 0.5) is 0 Å². The van der Waals surface area contributed by atoms with Crippen LogP contribution in [0.5, 0.6) is 0 Å². The van der Waals surface area contributed by atoms with Crippen molar-refractivity contribution in [2.24, 2.45) is 7.05 Å². The van der Waals surface area contributed by atoms with E-state index in [4.69, 9.17) is 4.74 Å². The number of nitrogens with zero attached hydrogens (tertiary/aromatic N) is 2. The van der Waals surface area contributed by atoms with Crippen molar-refractivity contribution in [1.82, 2.24) is 9.55 Å². The third kappa shape index (κ3) is 4.25. The standard InChI is InChI=1S/C11H18N2O2/c1-3-15-8-4-5-10(14)9-11-12-6-7-13(11)2/h6-7H,3-5,8-9H2,1-2H3. The molecule has 0 fully saturated rings. The first-order valence-corrected chi connectivity index (χ1v) is 5.29. The lowest BCUT2D eigenvalue weighted by atomic mass is 10.1. The molecule has 0 spiro atoms. The topological polar surface area (TPSA) is 44.1 Å². The molecule has 15 heavy (non-hydrogen) atoms. The van der Waals surface area contributed by atoms with E-state index in [1.807, 2.05) is 24.7 Å². The summed E-state index contributed by atoms with van der Waals surface area (Å²) in [4.78, 5) is 15.6. The van der Waals surface area contributed by atoms with Crippen molar-refractivity contribution in [3.05, 3.63) is 18.2 Å². The number of aromatic nitrogens is 2. The average molecular weight is 210 g/mol. The van der Waals surface area contributed by atoms with Crippen LogP contribution in [0.15, 0.2) is 12.4 Å². The van der Waals surface area contributed by atoms with Gasteiger partial charge in [0.15, 0.2) is 0 Å². The number of hydrogen-bond donors (Lipinski definition) is 0. The van der Waals surface area contributed by atoms with Gasteiger partial charge in [0, 0.05) is 39.1 Å². The van der Waals surface area contributed by atoms with E-state index in [1.165, 1.54) is 0 Å². The molecule has 1 rings (SSSR count). The number of ether oxygens (including phenoxy) is 1. The molecule has 0 aliphatic carbocycles. The maximum Gasteiger partial charge on any atom is 0.140 e. The molecule has 0 aromatic carbocycles. The van der Waals surface area contributed by atoms with Gasteiger partial charge in [-0.2, -0.15) is 0 Å². The van der Waals surface area contributed by atoms with Gasteiger partial charge in [-0.15, -0.1) is 0 Å². The summed E-state index contributed by atoms with van der Waals surface area (Å²) in [5.74, 6) is 1.06. The first-order valence-electron chi connectivity index (χ1n) is 5.29. The molecule has 0 unspecified atom stereocenters. The van der Waals surface area contributed by atoms with Crippen LogP contribution in [-0.2, 0) is 23.0 Å². The predicted octanol–water partition coefficient (Wildman–Crippen LogP) is 1.35. The van der Waals surface area contributed by atoms with Gasteiger partial charge in [-0.3, -0.25) is 4.79 Å². The summed E-state index contributed by atoms with van der Waals surface area (Å²) in [7, 11) is 1.90. The zero-order valence-corrected chi connectivity index (χ0v) is 9.40. The van der Waals surface area contributed by atoms with Crippen LogP contribution < -0.4 is 0 Å². The van der Waals surface area contributed by atoms with Gasteiger partial charge >= 0.3 is 0 Å². The smallest absolute Gasteiger partial charge is 0.140 e. The lowest BCUT2D eigenvalue weighted by molar-refractivity contribution is -0.118. The van der Waals surface area contributed by atoms with Crippen LogP contribution in [0.1, 0.15) is 25.6 Å². The monoisotopic (exact) mass is 210 g/mol. The van der Waals surface area contributed by atoms with E-state index in [1.54, 1.807) is 6.20 Å². The van der Waals surface area contributed by atoms with Crippen molar-refractivity contribution in [3.8, 4) is 0 Å². The van der Waals surface area contributed by atoms with Gasteiger partial charge in [0.1, 0.15) is 11.6 Å². The molecule has 4 nitrogen and oxygen atoms in total. The van der Waals surface area contributed by atoms with Gasteiger partial charge < -0.3 is 9.30 Å². The van der Waals surface area contributed by atoms with Crippen molar-refractivity contribution in [2.75, 3.05) is 13.2 Å². The summed E-state index contributed by atoms with van der Waals surface area (Å²) >= 11 is 0. The minimum absolute atomic E-state index is 0.226. The van der Waals surface area contributed by atoms with E-state index in [9.17, 15) is 4.79 Å². The van der Waals surface area contributed by atoms with Crippen LogP contribution in [-0.4, -0.2) is 28.5 Å². The first-order chi connectivity index (χ1) is 7.24. The molecule has 1 aromatic rings. The third-order valence-corrected chi connectivity index (χ3v) is 2.22. The minimum Gasteiger partial charge on any atom is -0.382 e. The third-order valence-electron chi connectivity index (χ3n) is 2.22. The van der Waals surface area contributed by atoms with Gasteiger partial charge in [-0.1, -0.05) is 0 Å². The van der Waals surface area contributed by atoms with Gasteiger partial charge in [-0.05, 0) is 13.3 Å². The van der Waals surface area contributed by atoms with E-state index in [0.717, 1.165) is 12.2 Å². The maximum atomic E-state index is 11.5. The van der Waals surface area contributed by atoms with E-state index in [0.29, 0.717) is 26.1 Å². The molecule has 0 radical (unpaired) electrons. The molecule has 1 heterocycles. The highest BCUT2D eigenvalue weighted by Gasteiger charge is 2.06. The quantitative estimate of drug-likeness (QED) is 0.638. The number of carbonyl (C=O) groups is 1. The maximum absolute atomic E-state index is 11.5. The van der Waals surface area contributed by atoms with E-state index in [2.05, 4.69) is 4.98 Å². The molecule has 0 aliphatic heterocycles. The van der Waals surface area contributed by atoms with E-state index in [-0.39, 0.29) is 5.78 Å². The summed E-state index contributed by atoms with van der Waals surface area (Å²) in [5.41, 5.74) is 0. The largest absolute Gasteiger partial charge is 0.382 e. The Morgan fingerprint density at radius 1 is 1.60 bits per heavy atom. The van der Waals surface area contributed by atoms with Crippen molar-refractivity contribution in [3.63, 3.8) is 0 Å². The molecule has 0 bridgehead atoms. The minimum atomic E-state index is 0.226. The number of ketones is 1. The van der Waals surface area contributed by atoms with Gasteiger partial charge in [-0.25, -0.2) is 4.98 Å². The van der Waals surface area contributed by atoms with Crippen molar-refractivity contribution < 1.29 is 9.53 Å². The van der Waals surface area contributed by atoms with Gasteiger partial charge in [0.2, 0.25) is 0 Å². The number of imidazole rings is 1. The fraction of sp³-hybridized carbons (Fsp3) is 0.636. The second-order valence-corrected chi connectivity index (χ2v) is 3.47. The molecule has 84 valence electrons. The Kier molecular flexibility index (Phi) is 5.04. The average Bonchev–Trinajstić information content (AvgIpc) is 2.59. The zero-order chi connectivity index (χ0) is 11.1. The Morgan fingerprint density at radius 3 is 3.00 bits per heavy atom. The second kappa shape index (κ2) is 6.35. The fourth-order valence-electron chi connectivity index (χ4n) is 1.35. The number of carbonyl (C=O) groups excluding carboxylic acids is 1. The molecule has 4 heteroatoms. The SMILES string of the molecule is CCOCCCC(=O)Cc1nccn1C. The zero-order valence-electron chi connectivity index (χ0n) is 9.40. The van der Waals surface area contributed by atoms with Gasteiger partial charge in [0.05, 0.1) is 6.42 Å². The molecule has 0 saturated carbocycles. The van der Waals surface area contributed by atoms with Crippen molar-refractivity contribution in [2.45, 2.75) is 26.2 Å². The normalized spacial score (nSPS) is 10.5. The van der Waals surface area contributed by atoms with E-state index >= 15 is 0 Å².